The van der Waals surface area contributed by atoms with E-state index in [0.29, 0.717) is 19.3 Å². The van der Waals surface area contributed by atoms with E-state index < -0.39 is 0 Å². The highest BCUT2D eigenvalue weighted by molar-refractivity contribution is 5.72. The van der Waals surface area contributed by atoms with Gasteiger partial charge in [0.25, 0.3) is 0 Å². The number of nitrogens with one attached hydrogen (secondary N) is 1. The van der Waals surface area contributed by atoms with Gasteiger partial charge in [-0.15, -0.1) is 0 Å². The smallest absolute Gasteiger partial charge is 0.308 e. The second-order valence-electron chi connectivity index (χ2n) is 5.88. The Morgan fingerprint density at radius 3 is 3.10 bits per heavy atom. The van der Waals surface area contributed by atoms with Crippen LogP contribution >= 0.6 is 0 Å². The standard InChI is InChI=1S/C17H23NO3/c1-2-20-17(19)12-6-5-7-13(10-12)18-15-11-21-16-9-4-3-8-14(15)16/h3-4,8-9,12-13,15,18H,2,5-7,10-11H2,1H3. The van der Waals surface area contributed by atoms with E-state index in [1.54, 1.807) is 0 Å². The maximum absolute atomic E-state index is 11.9. The molecule has 1 fully saturated rings. The number of esters is 1. The molecule has 21 heavy (non-hydrogen) atoms. The van der Waals surface area contributed by atoms with Crippen LogP contribution in [0.4, 0.5) is 0 Å². The summed E-state index contributed by atoms with van der Waals surface area (Å²) >= 11 is 0. The number of para-hydroxylation sites is 1. The van der Waals surface area contributed by atoms with Crippen molar-refractivity contribution in [3.8, 4) is 5.75 Å². The fourth-order valence-electron chi connectivity index (χ4n) is 3.40. The molecule has 0 radical (unpaired) electrons. The fraction of sp³-hybridized carbons (Fsp3) is 0.588. The van der Waals surface area contributed by atoms with Crippen LogP contribution in [0.15, 0.2) is 24.3 Å². The predicted molar refractivity (Wildman–Crippen MR) is 80.2 cm³/mol. The van der Waals surface area contributed by atoms with Gasteiger partial charge in [-0.3, -0.25) is 4.79 Å². The topological polar surface area (TPSA) is 47.6 Å². The fourth-order valence-corrected chi connectivity index (χ4v) is 3.40. The molecule has 3 atom stereocenters. The summed E-state index contributed by atoms with van der Waals surface area (Å²) in [5.74, 6) is 0.994. The number of rotatable bonds is 4. The molecule has 114 valence electrons. The number of benzene rings is 1. The van der Waals surface area contributed by atoms with E-state index in [2.05, 4.69) is 11.4 Å². The lowest BCUT2D eigenvalue weighted by Crippen LogP contribution is -2.39. The molecule has 1 aromatic carbocycles. The van der Waals surface area contributed by atoms with E-state index in [-0.39, 0.29) is 17.9 Å². The summed E-state index contributed by atoms with van der Waals surface area (Å²) in [6.07, 6.45) is 4.03. The highest BCUT2D eigenvalue weighted by atomic mass is 16.5. The maximum Gasteiger partial charge on any atom is 0.308 e. The van der Waals surface area contributed by atoms with Gasteiger partial charge in [0.1, 0.15) is 12.4 Å². The second-order valence-corrected chi connectivity index (χ2v) is 5.88. The van der Waals surface area contributed by atoms with Crippen LogP contribution in [0.5, 0.6) is 5.75 Å². The van der Waals surface area contributed by atoms with Crippen molar-refractivity contribution < 1.29 is 14.3 Å². The van der Waals surface area contributed by atoms with E-state index in [4.69, 9.17) is 9.47 Å². The molecule has 1 aliphatic carbocycles. The zero-order chi connectivity index (χ0) is 14.7. The van der Waals surface area contributed by atoms with Crippen LogP contribution in [-0.4, -0.2) is 25.2 Å². The van der Waals surface area contributed by atoms with Gasteiger partial charge in [0.05, 0.1) is 18.6 Å². The van der Waals surface area contributed by atoms with Crippen molar-refractivity contribution in [1.29, 1.82) is 0 Å². The molecule has 4 heteroatoms. The van der Waals surface area contributed by atoms with Crippen molar-refractivity contribution in [1.82, 2.24) is 5.32 Å². The normalized spacial score (nSPS) is 27.8. The first kappa shape index (κ1) is 14.4. The Bertz CT molecular complexity index is 503. The molecule has 0 spiro atoms. The number of fused-ring (bicyclic) bond motifs is 1. The Morgan fingerprint density at radius 2 is 2.24 bits per heavy atom. The molecule has 1 aromatic rings. The molecule has 1 heterocycles. The predicted octanol–water partition coefficient (Wildman–Crippen LogP) is 2.83. The van der Waals surface area contributed by atoms with Crippen LogP contribution in [-0.2, 0) is 9.53 Å². The van der Waals surface area contributed by atoms with Crippen molar-refractivity contribution in [2.45, 2.75) is 44.7 Å². The zero-order valence-corrected chi connectivity index (χ0v) is 12.5. The van der Waals surface area contributed by atoms with E-state index in [9.17, 15) is 4.79 Å². The van der Waals surface area contributed by atoms with Gasteiger partial charge >= 0.3 is 5.97 Å². The molecule has 2 aliphatic rings. The summed E-state index contributed by atoms with van der Waals surface area (Å²) in [4.78, 5) is 11.9. The molecule has 4 nitrogen and oxygen atoms in total. The minimum absolute atomic E-state index is 0.0351. The molecule has 1 saturated carbocycles. The van der Waals surface area contributed by atoms with Gasteiger partial charge in [-0.25, -0.2) is 0 Å². The van der Waals surface area contributed by atoms with E-state index in [1.807, 2.05) is 25.1 Å². The average molecular weight is 289 g/mol. The molecule has 0 amide bonds. The SMILES string of the molecule is CCOC(=O)C1CCCC(NC2COc3ccccc32)C1. The third-order valence-electron chi connectivity index (χ3n) is 4.43. The quantitative estimate of drug-likeness (QED) is 0.866. The molecule has 0 saturated heterocycles. The van der Waals surface area contributed by atoms with Gasteiger partial charge < -0.3 is 14.8 Å². The van der Waals surface area contributed by atoms with Crippen LogP contribution in [0.1, 0.15) is 44.2 Å². The lowest BCUT2D eigenvalue weighted by Gasteiger charge is -2.30. The summed E-state index contributed by atoms with van der Waals surface area (Å²) in [7, 11) is 0. The Kier molecular flexibility index (Phi) is 4.44. The first-order valence-corrected chi connectivity index (χ1v) is 7.92. The highest BCUT2D eigenvalue weighted by Gasteiger charge is 2.31. The van der Waals surface area contributed by atoms with E-state index >= 15 is 0 Å². The number of carbonyl (C=O) groups is 1. The van der Waals surface area contributed by atoms with Crippen molar-refractivity contribution in [3.05, 3.63) is 29.8 Å². The van der Waals surface area contributed by atoms with Gasteiger partial charge in [0.2, 0.25) is 0 Å². The summed E-state index contributed by atoms with van der Waals surface area (Å²) in [6.45, 7) is 3.01. The first-order valence-electron chi connectivity index (χ1n) is 7.92. The van der Waals surface area contributed by atoms with Crippen LogP contribution in [0.2, 0.25) is 0 Å². The van der Waals surface area contributed by atoms with Crippen molar-refractivity contribution in [2.24, 2.45) is 5.92 Å². The number of hydrogen-bond acceptors (Lipinski definition) is 4. The third kappa shape index (κ3) is 3.21. The monoisotopic (exact) mass is 289 g/mol. The molecule has 1 aliphatic heterocycles. The van der Waals surface area contributed by atoms with Crippen molar-refractivity contribution in [2.75, 3.05) is 13.2 Å². The van der Waals surface area contributed by atoms with Gasteiger partial charge in [0, 0.05) is 11.6 Å². The van der Waals surface area contributed by atoms with Crippen LogP contribution < -0.4 is 10.1 Å². The Balaban J connectivity index is 1.60. The van der Waals surface area contributed by atoms with Crippen LogP contribution in [0.3, 0.4) is 0 Å². The molecule has 3 unspecified atom stereocenters. The van der Waals surface area contributed by atoms with Gasteiger partial charge in [-0.1, -0.05) is 24.6 Å². The number of hydrogen-bond donors (Lipinski definition) is 1. The zero-order valence-electron chi connectivity index (χ0n) is 12.5. The number of ether oxygens (including phenoxy) is 2. The van der Waals surface area contributed by atoms with E-state index in [1.165, 1.54) is 5.56 Å². The largest absolute Gasteiger partial charge is 0.491 e. The highest BCUT2D eigenvalue weighted by Crippen LogP contribution is 2.34. The third-order valence-corrected chi connectivity index (χ3v) is 4.43. The summed E-state index contributed by atoms with van der Waals surface area (Å²) in [6, 6.07) is 8.79. The maximum atomic E-state index is 11.9. The Morgan fingerprint density at radius 1 is 1.38 bits per heavy atom. The lowest BCUT2D eigenvalue weighted by atomic mass is 9.85. The van der Waals surface area contributed by atoms with E-state index in [0.717, 1.165) is 31.4 Å². The average Bonchev–Trinajstić information content (AvgIpc) is 2.91. The molecule has 0 aromatic heterocycles. The van der Waals surface area contributed by atoms with Gasteiger partial charge in [-0.2, -0.15) is 0 Å². The minimum atomic E-state index is -0.0351. The number of carbonyl (C=O) groups excluding carboxylic acids is 1. The minimum Gasteiger partial charge on any atom is -0.491 e. The van der Waals surface area contributed by atoms with Crippen LogP contribution in [0, 0.1) is 5.92 Å². The lowest BCUT2D eigenvalue weighted by molar-refractivity contribution is -0.149. The first-order chi connectivity index (χ1) is 10.3. The van der Waals surface area contributed by atoms with Gasteiger partial charge in [-0.05, 0) is 32.3 Å². The van der Waals surface area contributed by atoms with Gasteiger partial charge in [0.15, 0.2) is 0 Å². The summed E-state index contributed by atoms with van der Waals surface area (Å²) < 4.78 is 10.9. The Labute approximate surface area is 125 Å². The Hall–Kier alpha value is -1.55. The summed E-state index contributed by atoms with van der Waals surface area (Å²) in [5.41, 5.74) is 1.23. The second kappa shape index (κ2) is 6.48. The molecular weight excluding hydrogens is 266 g/mol. The molecule has 0 bridgehead atoms. The van der Waals surface area contributed by atoms with Crippen molar-refractivity contribution in [3.63, 3.8) is 0 Å². The molecule has 1 N–H and O–H groups in total. The van der Waals surface area contributed by atoms with Crippen LogP contribution in [0.25, 0.3) is 0 Å². The van der Waals surface area contributed by atoms with Crippen molar-refractivity contribution >= 4 is 5.97 Å². The molecule has 3 rings (SSSR count). The molecular formula is C17H23NO3. The summed E-state index contributed by atoms with van der Waals surface area (Å²) in [5, 5.41) is 3.67.